The van der Waals surface area contributed by atoms with Crippen molar-refractivity contribution in [2.24, 2.45) is 0 Å². The summed E-state index contributed by atoms with van der Waals surface area (Å²) < 4.78 is 32.3. The zero-order valence-electron chi connectivity index (χ0n) is 14.6. The summed E-state index contributed by atoms with van der Waals surface area (Å²) in [6, 6.07) is -2.31. The molecule has 1 saturated heterocycles. The second-order valence-electron chi connectivity index (χ2n) is 6.18. The van der Waals surface area contributed by atoms with Crippen LogP contribution in [0, 0.1) is 0 Å². The van der Waals surface area contributed by atoms with Crippen LogP contribution in [0.1, 0.15) is 13.3 Å². The fraction of sp³-hybridized carbons (Fsp3) is 0.818. The molecule has 1 aliphatic heterocycles. The van der Waals surface area contributed by atoms with Gasteiger partial charge in [-0.15, -0.1) is 0 Å². The molecule has 29 heavy (non-hydrogen) atoms. The molecular formula is C11H21NO15P2. The average Bonchev–Trinajstić information content (AvgIpc) is 2.52. The number of amides is 1. The number of carboxylic acid groups (broad SMARTS) is 1. The fourth-order valence-corrected chi connectivity index (χ4v) is 4.86. The standard InChI is InChI=1S/C11H21NO15P2/c1-4(14)12-7-5(15)2-10(9(18)19,27-29(23,24)25)26-11(7,28(20,21)22)8(17)6(16)3-13/h5-8,13,15-17H,2-3H2,1H3,(H,12,14)(H,18,19)(H2,20,21,22)(H2,23,24,25)/t5-,6+,7+,8+,10+,11-/m0/s1. The second-order valence-corrected chi connectivity index (χ2v) is 9.13. The van der Waals surface area contributed by atoms with E-state index in [9.17, 15) is 48.9 Å². The Morgan fingerprint density at radius 2 is 1.76 bits per heavy atom. The Kier molecular flexibility index (Phi) is 7.74. The van der Waals surface area contributed by atoms with Crippen LogP contribution in [0.25, 0.3) is 0 Å². The summed E-state index contributed by atoms with van der Waals surface area (Å²) in [6.07, 6.45) is -9.03. The van der Waals surface area contributed by atoms with Gasteiger partial charge in [0.25, 0.3) is 5.79 Å². The van der Waals surface area contributed by atoms with E-state index < -0.39 is 75.8 Å². The lowest BCUT2D eigenvalue weighted by atomic mass is 9.88. The number of hydrogen-bond donors (Lipinski definition) is 10. The normalized spacial score (nSPS) is 33.0. The Balaban J connectivity index is 3.84. The number of aliphatic hydroxyl groups excluding tert-OH is 4. The van der Waals surface area contributed by atoms with Crippen LogP contribution in [0.2, 0.25) is 0 Å². The van der Waals surface area contributed by atoms with Gasteiger partial charge in [-0.25, -0.2) is 13.9 Å². The third-order valence-electron chi connectivity index (χ3n) is 4.02. The minimum atomic E-state index is -6.04. The van der Waals surface area contributed by atoms with E-state index in [4.69, 9.17) is 19.6 Å². The van der Waals surface area contributed by atoms with Crippen LogP contribution < -0.4 is 5.32 Å². The highest BCUT2D eigenvalue weighted by Gasteiger charge is 2.72. The minimum absolute atomic E-state index is 0.817. The highest BCUT2D eigenvalue weighted by molar-refractivity contribution is 7.53. The zero-order valence-corrected chi connectivity index (χ0v) is 16.4. The molecule has 10 N–H and O–H groups in total. The summed E-state index contributed by atoms with van der Waals surface area (Å²) >= 11 is 0. The highest BCUT2D eigenvalue weighted by atomic mass is 31.2. The smallest absolute Gasteiger partial charge is 0.472 e. The third kappa shape index (κ3) is 5.19. The number of carboxylic acids is 1. The molecule has 1 fully saturated rings. The molecule has 170 valence electrons. The molecule has 18 heteroatoms. The van der Waals surface area contributed by atoms with Gasteiger partial charge in [-0.05, 0) is 0 Å². The quantitative estimate of drug-likeness (QED) is 0.151. The van der Waals surface area contributed by atoms with Gasteiger partial charge < -0.3 is 55.2 Å². The molecule has 6 atom stereocenters. The largest absolute Gasteiger partial charge is 0.477 e. The van der Waals surface area contributed by atoms with Crippen molar-refractivity contribution in [3.05, 3.63) is 0 Å². The van der Waals surface area contributed by atoms with Crippen molar-refractivity contribution in [3.8, 4) is 0 Å². The maximum absolute atomic E-state index is 12.3. The summed E-state index contributed by atoms with van der Waals surface area (Å²) in [7, 11) is -11.8. The van der Waals surface area contributed by atoms with Gasteiger partial charge in [0.05, 0.1) is 18.8 Å². The molecule has 1 amide bonds. The molecule has 0 aromatic carbocycles. The van der Waals surface area contributed by atoms with E-state index in [1.165, 1.54) is 0 Å². The maximum atomic E-state index is 12.3. The average molecular weight is 469 g/mol. The number of rotatable bonds is 8. The summed E-state index contributed by atoms with van der Waals surface area (Å²) in [5.41, 5.74) is 0. The fourth-order valence-electron chi connectivity index (χ4n) is 2.91. The van der Waals surface area contributed by atoms with Crippen LogP contribution in [-0.2, 0) is 28.0 Å². The molecule has 0 radical (unpaired) electrons. The number of hydrogen-bond acceptors (Lipinski definition) is 10. The molecule has 16 nitrogen and oxygen atoms in total. The van der Waals surface area contributed by atoms with Gasteiger partial charge in [-0.2, -0.15) is 0 Å². The maximum Gasteiger partial charge on any atom is 0.472 e. The van der Waals surface area contributed by atoms with Crippen LogP contribution in [0.4, 0.5) is 0 Å². The summed E-state index contributed by atoms with van der Waals surface area (Å²) in [5.74, 6) is -7.06. The molecule has 0 saturated carbocycles. The first-order valence-electron chi connectivity index (χ1n) is 7.61. The van der Waals surface area contributed by atoms with Crippen LogP contribution >= 0.6 is 15.4 Å². The summed E-state index contributed by atoms with van der Waals surface area (Å²) in [6.45, 7) is -0.536. The lowest BCUT2D eigenvalue weighted by molar-refractivity contribution is -0.306. The van der Waals surface area contributed by atoms with Crippen molar-refractivity contribution < 1.29 is 73.1 Å². The molecule has 1 heterocycles. The lowest BCUT2D eigenvalue weighted by Crippen LogP contribution is -2.74. The summed E-state index contributed by atoms with van der Waals surface area (Å²) in [5, 5.41) is 46.9. The number of carbonyl (C=O) groups excluding carboxylic acids is 1. The monoisotopic (exact) mass is 469 g/mol. The molecule has 0 aromatic rings. The zero-order chi connectivity index (χ0) is 23.0. The number of aliphatic hydroxyl groups is 4. The van der Waals surface area contributed by atoms with Gasteiger partial charge in [0.1, 0.15) is 12.2 Å². The number of aliphatic carboxylic acids is 1. The molecular weight excluding hydrogens is 448 g/mol. The van der Waals surface area contributed by atoms with Crippen molar-refractivity contribution in [1.29, 1.82) is 0 Å². The van der Waals surface area contributed by atoms with Crippen molar-refractivity contribution in [2.75, 3.05) is 6.61 Å². The number of nitrogens with one attached hydrogen (secondary N) is 1. The number of phosphoric ester groups is 1. The van der Waals surface area contributed by atoms with E-state index in [0.29, 0.717) is 0 Å². The molecule has 0 spiro atoms. The topological polar surface area (TPSA) is 281 Å². The lowest BCUT2D eigenvalue weighted by Gasteiger charge is -2.53. The van der Waals surface area contributed by atoms with E-state index in [1.54, 1.807) is 0 Å². The predicted octanol–water partition coefficient (Wildman–Crippen LogP) is -4.25. The summed E-state index contributed by atoms with van der Waals surface area (Å²) in [4.78, 5) is 60.8. The Morgan fingerprint density at radius 1 is 1.24 bits per heavy atom. The van der Waals surface area contributed by atoms with Gasteiger partial charge in [0, 0.05) is 13.3 Å². The number of carbonyl (C=O) groups is 2. The van der Waals surface area contributed by atoms with Crippen LogP contribution in [0.15, 0.2) is 0 Å². The van der Waals surface area contributed by atoms with Crippen molar-refractivity contribution >= 4 is 27.3 Å². The van der Waals surface area contributed by atoms with Crippen molar-refractivity contribution in [3.63, 3.8) is 0 Å². The molecule has 0 aliphatic carbocycles. The van der Waals surface area contributed by atoms with Crippen LogP contribution in [0.3, 0.4) is 0 Å². The van der Waals surface area contributed by atoms with E-state index >= 15 is 0 Å². The van der Waals surface area contributed by atoms with Crippen LogP contribution in [-0.4, -0.2) is 99.1 Å². The van der Waals surface area contributed by atoms with Gasteiger partial charge >= 0.3 is 21.4 Å². The van der Waals surface area contributed by atoms with Gasteiger partial charge in [-0.3, -0.25) is 9.36 Å². The number of ether oxygens (including phenoxy) is 1. The van der Waals surface area contributed by atoms with E-state index in [2.05, 4.69) is 4.52 Å². The SMILES string of the molecule is CC(=O)N[C@@H]1[C@@H](O)C[C@@](OP(=O)(O)O)(C(=O)O)O[C@]1([C@H](O)[C@H](O)CO)P(=O)(O)O. The molecule has 0 unspecified atom stereocenters. The molecule has 0 aromatic heterocycles. The van der Waals surface area contributed by atoms with E-state index in [1.807, 2.05) is 5.32 Å². The molecule has 1 aliphatic rings. The minimum Gasteiger partial charge on any atom is -0.477 e. The first kappa shape index (κ1) is 26.0. The van der Waals surface area contributed by atoms with Crippen molar-refractivity contribution in [2.45, 2.75) is 48.8 Å². The second kappa shape index (κ2) is 8.63. The molecule has 1 rings (SSSR count). The Labute approximate surface area is 162 Å². The Bertz CT molecular complexity index is 734. The Hall–Kier alpha value is -1.00. The first-order valence-corrected chi connectivity index (χ1v) is 10.8. The predicted molar refractivity (Wildman–Crippen MR) is 86.7 cm³/mol. The van der Waals surface area contributed by atoms with E-state index in [-0.39, 0.29) is 0 Å². The van der Waals surface area contributed by atoms with Crippen LogP contribution in [0.5, 0.6) is 0 Å². The third-order valence-corrected chi connectivity index (χ3v) is 6.10. The highest BCUT2D eigenvalue weighted by Crippen LogP contribution is 2.62. The van der Waals surface area contributed by atoms with Crippen molar-refractivity contribution in [1.82, 2.24) is 5.32 Å². The molecule has 0 bridgehead atoms. The van der Waals surface area contributed by atoms with E-state index in [0.717, 1.165) is 6.92 Å². The van der Waals surface area contributed by atoms with Gasteiger partial charge in [0.15, 0.2) is 0 Å². The van der Waals surface area contributed by atoms with Gasteiger partial charge in [0.2, 0.25) is 11.2 Å². The Morgan fingerprint density at radius 3 is 2.10 bits per heavy atom. The van der Waals surface area contributed by atoms with Gasteiger partial charge in [-0.1, -0.05) is 0 Å². The number of phosphoric acid groups is 1. The first-order chi connectivity index (χ1) is 12.9.